The minimum Gasteiger partial charge on any atom is -0.494 e. The van der Waals surface area contributed by atoms with Crippen LogP contribution in [0, 0.1) is 0 Å². The van der Waals surface area contributed by atoms with Crippen molar-refractivity contribution in [2.45, 2.75) is 65.0 Å². The highest BCUT2D eigenvalue weighted by Crippen LogP contribution is 2.34. The molecule has 4 nitrogen and oxygen atoms in total. The van der Waals surface area contributed by atoms with Crippen LogP contribution in [0.4, 0.5) is 5.69 Å². The number of benzene rings is 2. The van der Waals surface area contributed by atoms with Crippen molar-refractivity contribution < 1.29 is 9.53 Å². The molecule has 0 saturated heterocycles. The molecule has 0 aliphatic carbocycles. The van der Waals surface area contributed by atoms with E-state index in [0.29, 0.717) is 0 Å². The normalized spacial score (nSPS) is 15.7. The monoisotopic (exact) mass is 394 g/mol. The third kappa shape index (κ3) is 5.53. The van der Waals surface area contributed by atoms with Crippen molar-refractivity contribution in [3.8, 4) is 5.75 Å². The first-order valence-electron chi connectivity index (χ1n) is 11.1. The van der Waals surface area contributed by atoms with Gasteiger partial charge in [-0.3, -0.25) is 4.79 Å². The summed E-state index contributed by atoms with van der Waals surface area (Å²) in [5, 5.41) is 3.57. The molecule has 4 heteroatoms. The number of rotatable bonds is 11. The van der Waals surface area contributed by atoms with Crippen LogP contribution in [-0.2, 0) is 0 Å². The van der Waals surface area contributed by atoms with E-state index in [1.807, 2.05) is 41.3 Å². The summed E-state index contributed by atoms with van der Waals surface area (Å²) in [6.07, 6.45) is 8.00. The van der Waals surface area contributed by atoms with E-state index in [0.717, 1.165) is 55.0 Å². The molecule has 1 amide bonds. The van der Waals surface area contributed by atoms with Crippen molar-refractivity contribution >= 4 is 11.6 Å². The number of amides is 1. The summed E-state index contributed by atoms with van der Waals surface area (Å²) in [6.45, 7) is 5.87. The second-order valence-corrected chi connectivity index (χ2v) is 7.78. The molecule has 0 aromatic heterocycles. The van der Waals surface area contributed by atoms with E-state index < -0.39 is 0 Å². The van der Waals surface area contributed by atoms with Gasteiger partial charge in [-0.2, -0.15) is 0 Å². The van der Waals surface area contributed by atoms with Gasteiger partial charge in [-0.25, -0.2) is 0 Å². The standard InChI is InChI=1S/C25H34N2O2/c1-3-5-7-8-11-18-29-21-14-12-13-20(19-21)24-26-23-16-10-9-15-22(23)25(28)27(24)17-6-4-2/h9-10,12-16,19,24,26H,3-8,11,17-18H2,1-2H3. The predicted molar refractivity (Wildman–Crippen MR) is 119 cm³/mol. The molecule has 1 atom stereocenters. The van der Waals surface area contributed by atoms with Crippen molar-refractivity contribution in [3.05, 3.63) is 59.7 Å². The molecule has 0 bridgehead atoms. The van der Waals surface area contributed by atoms with E-state index in [1.165, 1.54) is 25.7 Å². The van der Waals surface area contributed by atoms with Gasteiger partial charge in [-0.05, 0) is 42.7 Å². The number of carbonyl (C=O) groups excluding carboxylic acids is 1. The summed E-state index contributed by atoms with van der Waals surface area (Å²) in [4.78, 5) is 15.1. The minimum atomic E-state index is -0.169. The molecule has 0 fully saturated rings. The molecule has 1 aliphatic heterocycles. The number of unbranched alkanes of at least 4 members (excludes halogenated alkanes) is 5. The third-order valence-electron chi connectivity index (χ3n) is 5.47. The number of hydrogen-bond donors (Lipinski definition) is 1. The Labute approximate surface area is 175 Å². The molecule has 1 aliphatic rings. The van der Waals surface area contributed by atoms with Crippen molar-refractivity contribution in [2.24, 2.45) is 0 Å². The summed E-state index contributed by atoms with van der Waals surface area (Å²) in [7, 11) is 0. The predicted octanol–water partition coefficient (Wildman–Crippen LogP) is 6.40. The van der Waals surface area contributed by atoms with Crippen molar-refractivity contribution in [3.63, 3.8) is 0 Å². The van der Waals surface area contributed by atoms with Crippen LogP contribution in [0.1, 0.15) is 80.9 Å². The average Bonchev–Trinajstić information content (AvgIpc) is 2.75. The molecular formula is C25H34N2O2. The number of hydrogen-bond acceptors (Lipinski definition) is 3. The number of para-hydroxylation sites is 1. The van der Waals surface area contributed by atoms with E-state index >= 15 is 0 Å². The zero-order valence-electron chi connectivity index (χ0n) is 17.8. The largest absolute Gasteiger partial charge is 0.494 e. The lowest BCUT2D eigenvalue weighted by atomic mass is 10.0. The molecule has 1 heterocycles. The molecule has 0 saturated carbocycles. The van der Waals surface area contributed by atoms with Gasteiger partial charge in [-0.1, -0.05) is 70.2 Å². The lowest BCUT2D eigenvalue weighted by molar-refractivity contribution is 0.0680. The molecule has 2 aromatic carbocycles. The second-order valence-electron chi connectivity index (χ2n) is 7.78. The number of ether oxygens (including phenoxy) is 1. The van der Waals surface area contributed by atoms with E-state index in [9.17, 15) is 4.79 Å². The zero-order chi connectivity index (χ0) is 20.5. The van der Waals surface area contributed by atoms with Gasteiger partial charge in [-0.15, -0.1) is 0 Å². The number of carbonyl (C=O) groups is 1. The highest BCUT2D eigenvalue weighted by molar-refractivity contribution is 6.01. The number of nitrogens with one attached hydrogen (secondary N) is 1. The Morgan fingerprint density at radius 3 is 2.55 bits per heavy atom. The first kappa shape index (κ1) is 21.2. The van der Waals surface area contributed by atoms with Gasteiger partial charge >= 0.3 is 0 Å². The first-order chi connectivity index (χ1) is 14.2. The number of nitrogens with zero attached hydrogens (tertiary/aromatic N) is 1. The molecule has 1 unspecified atom stereocenters. The van der Waals surface area contributed by atoms with Crippen LogP contribution in [0.3, 0.4) is 0 Å². The summed E-state index contributed by atoms with van der Waals surface area (Å²) >= 11 is 0. The van der Waals surface area contributed by atoms with Crippen molar-refractivity contribution in [1.82, 2.24) is 4.90 Å². The van der Waals surface area contributed by atoms with E-state index in [4.69, 9.17) is 4.74 Å². The fourth-order valence-electron chi connectivity index (χ4n) is 3.79. The van der Waals surface area contributed by atoms with Crippen molar-refractivity contribution in [1.29, 1.82) is 0 Å². The number of fused-ring (bicyclic) bond motifs is 1. The van der Waals surface area contributed by atoms with Crippen LogP contribution in [0.25, 0.3) is 0 Å². The van der Waals surface area contributed by atoms with Crippen LogP contribution in [0.5, 0.6) is 5.75 Å². The van der Waals surface area contributed by atoms with Gasteiger partial charge in [0.1, 0.15) is 11.9 Å². The highest BCUT2D eigenvalue weighted by Gasteiger charge is 2.32. The lowest BCUT2D eigenvalue weighted by Crippen LogP contribution is -2.43. The van der Waals surface area contributed by atoms with Crippen LogP contribution >= 0.6 is 0 Å². The minimum absolute atomic E-state index is 0.0973. The Morgan fingerprint density at radius 2 is 1.72 bits per heavy atom. The molecular weight excluding hydrogens is 360 g/mol. The van der Waals surface area contributed by atoms with Gasteiger partial charge in [0.25, 0.3) is 5.91 Å². The molecule has 0 radical (unpaired) electrons. The molecule has 0 spiro atoms. The summed E-state index contributed by atoms with van der Waals surface area (Å²) < 4.78 is 6.00. The first-order valence-corrected chi connectivity index (χ1v) is 11.1. The Kier molecular flexibility index (Phi) is 7.97. The highest BCUT2D eigenvalue weighted by atomic mass is 16.5. The van der Waals surface area contributed by atoms with Gasteiger partial charge in [0.05, 0.1) is 12.2 Å². The summed E-state index contributed by atoms with van der Waals surface area (Å²) in [6, 6.07) is 15.9. The van der Waals surface area contributed by atoms with Gasteiger partial charge in [0.15, 0.2) is 0 Å². The third-order valence-corrected chi connectivity index (χ3v) is 5.47. The fourth-order valence-corrected chi connectivity index (χ4v) is 3.79. The zero-order valence-corrected chi connectivity index (χ0v) is 17.8. The Morgan fingerprint density at radius 1 is 0.931 bits per heavy atom. The lowest BCUT2D eigenvalue weighted by Gasteiger charge is -2.38. The van der Waals surface area contributed by atoms with Gasteiger partial charge in [0, 0.05) is 12.2 Å². The Hall–Kier alpha value is -2.49. The topological polar surface area (TPSA) is 41.6 Å². The summed E-state index contributed by atoms with van der Waals surface area (Å²) in [5.41, 5.74) is 2.71. The average molecular weight is 395 g/mol. The Balaban J connectivity index is 1.72. The maximum Gasteiger partial charge on any atom is 0.257 e. The van der Waals surface area contributed by atoms with Crippen LogP contribution in [0.2, 0.25) is 0 Å². The molecule has 2 aromatic rings. The van der Waals surface area contributed by atoms with Gasteiger partial charge in [0.2, 0.25) is 0 Å². The maximum atomic E-state index is 13.1. The van der Waals surface area contributed by atoms with E-state index in [-0.39, 0.29) is 12.1 Å². The molecule has 29 heavy (non-hydrogen) atoms. The second kappa shape index (κ2) is 10.9. The quantitative estimate of drug-likeness (QED) is 0.448. The van der Waals surface area contributed by atoms with Crippen molar-refractivity contribution in [2.75, 3.05) is 18.5 Å². The smallest absolute Gasteiger partial charge is 0.257 e. The Bertz CT molecular complexity index is 790. The van der Waals surface area contributed by atoms with Crippen LogP contribution in [0.15, 0.2) is 48.5 Å². The molecule has 156 valence electrons. The fraction of sp³-hybridized carbons (Fsp3) is 0.480. The van der Waals surface area contributed by atoms with Crippen LogP contribution < -0.4 is 10.1 Å². The molecule has 3 rings (SSSR count). The summed E-state index contributed by atoms with van der Waals surface area (Å²) in [5.74, 6) is 0.974. The van der Waals surface area contributed by atoms with E-state index in [2.05, 4.69) is 31.3 Å². The molecule has 1 N–H and O–H groups in total. The van der Waals surface area contributed by atoms with Crippen LogP contribution in [-0.4, -0.2) is 24.0 Å². The van der Waals surface area contributed by atoms with E-state index in [1.54, 1.807) is 0 Å². The maximum absolute atomic E-state index is 13.1. The SMILES string of the molecule is CCCCCCCOc1cccc(C2Nc3ccccc3C(=O)N2CCCC)c1. The number of anilines is 1. The van der Waals surface area contributed by atoms with Gasteiger partial charge < -0.3 is 15.0 Å².